The fourth-order valence-electron chi connectivity index (χ4n) is 7.05. The first-order valence-electron chi connectivity index (χ1n) is 15.8. The number of carbonyl (C=O) groups excluding carboxylic acids is 2. The molecule has 49 heavy (non-hydrogen) atoms. The number of nitrogens with zero attached hydrogens (tertiary/aromatic N) is 4. The van der Waals surface area contributed by atoms with E-state index in [2.05, 4.69) is 27.3 Å². The van der Waals surface area contributed by atoms with Crippen LogP contribution in [0.15, 0.2) is 66.7 Å². The van der Waals surface area contributed by atoms with Crippen molar-refractivity contribution in [2.24, 2.45) is 0 Å². The first kappa shape index (κ1) is 31.7. The summed E-state index contributed by atoms with van der Waals surface area (Å²) >= 11 is 6.16. The molecule has 0 atom stereocenters. The van der Waals surface area contributed by atoms with Gasteiger partial charge in [0.05, 0.1) is 34.3 Å². The molecule has 0 bridgehead atoms. The number of nitriles is 2. The van der Waals surface area contributed by atoms with Crippen molar-refractivity contribution in [3.8, 4) is 34.4 Å². The number of carbonyl (C=O) groups is 2. The van der Waals surface area contributed by atoms with Gasteiger partial charge < -0.3 is 19.8 Å². The van der Waals surface area contributed by atoms with Gasteiger partial charge >= 0.3 is 0 Å². The molecule has 4 aromatic carbocycles. The number of rotatable bonds is 2. The SMILES string of the molecule is Cc1c2n(c3c(-c4cccc(Cl)c4)cc(C#N)cc13)CCNC2=O.Cc1ccc(-c2cc(C#N)cc3c(C)c4n(c23)CCNC4=O)cc1F. The lowest BCUT2D eigenvalue weighted by molar-refractivity contribution is 0.0920. The van der Waals surface area contributed by atoms with Gasteiger partial charge in [-0.15, -0.1) is 0 Å². The topological polar surface area (TPSA) is 116 Å². The van der Waals surface area contributed by atoms with Gasteiger partial charge in [-0.25, -0.2) is 4.39 Å². The first-order chi connectivity index (χ1) is 23.6. The van der Waals surface area contributed by atoms with Crippen LogP contribution in [0.25, 0.3) is 44.1 Å². The molecule has 0 saturated heterocycles. The van der Waals surface area contributed by atoms with Crippen molar-refractivity contribution in [1.29, 1.82) is 10.5 Å². The second-order valence-corrected chi connectivity index (χ2v) is 12.7. The number of fused-ring (bicyclic) bond motifs is 6. The Labute approximate surface area is 286 Å². The highest BCUT2D eigenvalue weighted by Gasteiger charge is 2.27. The molecule has 10 heteroatoms. The number of hydrogen-bond acceptors (Lipinski definition) is 4. The molecule has 2 aromatic heterocycles. The lowest BCUT2D eigenvalue weighted by atomic mass is 9.98. The van der Waals surface area contributed by atoms with Crippen molar-refractivity contribution in [2.75, 3.05) is 13.1 Å². The summed E-state index contributed by atoms with van der Waals surface area (Å²) in [6.45, 7) is 8.06. The van der Waals surface area contributed by atoms with Gasteiger partial charge in [0.15, 0.2) is 0 Å². The van der Waals surface area contributed by atoms with Crippen LogP contribution in [-0.4, -0.2) is 34.0 Å². The molecule has 6 aromatic rings. The van der Waals surface area contributed by atoms with Crippen molar-refractivity contribution in [3.05, 3.63) is 117 Å². The summed E-state index contributed by atoms with van der Waals surface area (Å²) in [7, 11) is 0. The Morgan fingerprint density at radius 3 is 1.69 bits per heavy atom. The Morgan fingerprint density at radius 1 is 0.714 bits per heavy atom. The third-order valence-corrected chi connectivity index (χ3v) is 9.60. The van der Waals surface area contributed by atoms with Crippen LogP contribution in [-0.2, 0) is 13.1 Å². The molecule has 4 heterocycles. The fraction of sp³-hybridized carbons (Fsp3) is 0.179. The van der Waals surface area contributed by atoms with Gasteiger partial charge in [0, 0.05) is 53.1 Å². The van der Waals surface area contributed by atoms with Crippen LogP contribution in [0, 0.1) is 49.3 Å². The van der Waals surface area contributed by atoms with E-state index < -0.39 is 0 Å². The molecule has 242 valence electrons. The van der Waals surface area contributed by atoms with E-state index in [4.69, 9.17) is 11.6 Å². The van der Waals surface area contributed by atoms with Crippen molar-refractivity contribution in [2.45, 2.75) is 33.9 Å². The van der Waals surface area contributed by atoms with Crippen molar-refractivity contribution in [1.82, 2.24) is 19.8 Å². The Morgan fingerprint density at radius 2 is 1.22 bits per heavy atom. The summed E-state index contributed by atoms with van der Waals surface area (Å²) in [5, 5.41) is 27.0. The van der Waals surface area contributed by atoms with E-state index in [-0.39, 0.29) is 17.6 Å². The van der Waals surface area contributed by atoms with E-state index >= 15 is 0 Å². The largest absolute Gasteiger partial charge is 0.349 e. The third kappa shape index (κ3) is 5.29. The highest BCUT2D eigenvalue weighted by molar-refractivity contribution is 6.31. The maximum Gasteiger partial charge on any atom is 0.268 e. The average Bonchev–Trinajstić information content (AvgIpc) is 3.57. The van der Waals surface area contributed by atoms with Gasteiger partial charge in [-0.1, -0.05) is 35.9 Å². The zero-order chi connectivity index (χ0) is 34.6. The molecule has 8 nitrogen and oxygen atoms in total. The number of amides is 2. The van der Waals surface area contributed by atoms with Gasteiger partial charge in [0.2, 0.25) is 0 Å². The monoisotopic (exact) mass is 668 g/mol. The predicted molar refractivity (Wildman–Crippen MR) is 188 cm³/mol. The molecular formula is C39H30ClFN6O2. The molecule has 8 rings (SSSR count). The number of hydrogen-bond donors (Lipinski definition) is 2. The summed E-state index contributed by atoms with van der Waals surface area (Å²) in [5.41, 5.74) is 9.90. The van der Waals surface area contributed by atoms with Crippen LogP contribution in [0.5, 0.6) is 0 Å². The molecule has 0 saturated carbocycles. The molecule has 0 unspecified atom stereocenters. The summed E-state index contributed by atoms with van der Waals surface area (Å²) in [6.07, 6.45) is 0. The quantitative estimate of drug-likeness (QED) is 0.198. The highest BCUT2D eigenvalue weighted by atomic mass is 35.5. The highest BCUT2D eigenvalue weighted by Crippen LogP contribution is 2.38. The lowest BCUT2D eigenvalue weighted by Crippen LogP contribution is -2.35. The van der Waals surface area contributed by atoms with Crippen molar-refractivity contribution in [3.63, 3.8) is 0 Å². The van der Waals surface area contributed by atoms with Crippen molar-refractivity contribution < 1.29 is 14.0 Å². The number of nitrogens with one attached hydrogen (secondary N) is 2. The Balaban J connectivity index is 0.000000154. The molecule has 0 spiro atoms. The Kier molecular flexibility index (Phi) is 7.94. The zero-order valence-corrected chi connectivity index (χ0v) is 27.8. The van der Waals surface area contributed by atoms with Gasteiger partial charge in [0.1, 0.15) is 17.2 Å². The van der Waals surface area contributed by atoms with Crippen molar-refractivity contribution >= 4 is 45.2 Å². The minimum Gasteiger partial charge on any atom is -0.349 e. The van der Waals surface area contributed by atoms with E-state index in [1.807, 2.05) is 60.9 Å². The zero-order valence-electron chi connectivity index (χ0n) is 27.0. The predicted octanol–water partition coefficient (Wildman–Crippen LogP) is 7.56. The summed E-state index contributed by atoms with van der Waals surface area (Å²) in [5.74, 6) is -0.460. The van der Waals surface area contributed by atoms with E-state index in [0.717, 1.165) is 49.6 Å². The van der Waals surface area contributed by atoms with Crippen LogP contribution in [0.4, 0.5) is 4.39 Å². The number of halogens is 2. The first-order valence-corrected chi connectivity index (χ1v) is 16.2. The second kappa shape index (κ2) is 12.3. The van der Waals surface area contributed by atoms with E-state index in [9.17, 15) is 24.5 Å². The molecule has 2 aliphatic rings. The third-order valence-electron chi connectivity index (χ3n) is 9.37. The van der Waals surface area contributed by atoms with Crippen LogP contribution in [0.2, 0.25) is 5.02 Å². The number of aromatic nitrogens is 2. The maximum absolute atomic E-state index is 14.1. The molecule has 2 N–H and O–H groups in total. The molecule has 0 fully saturated rings. The minimum absolute atomic E-state index is 0.0644. The second-order valence-electron chi connectivity index (χ2n) is 12.3. The number of aryl methyl sites for hydroxylation is 3. The number of benzene rings is 4. The Hall–Kier alpha value is -5.90. The molecule has 2 aliphatic heterocycles. The van der Waals surface area contributed by atoms with Gasteiger partial charge in [-0.3, -0.25) is 9.59 Å². The van der Waals surface area contributed by atoms with Crippen LogP contribution < -0.4 is 10.6 Å². The molecule has 0 radical (unpaired) electrons. The standard InChI is InChI=1S/C20H16FN3O.C19H14ClN3O/c1-11-3-4-14(9-17(11)21)16-8-13(10-22)7-15-12(2)18-20(25)23-5-6-24(18)19(15)16;1-11-15-7-12(10-21)8-16(13-3-2-4-14(20)9-13)18(15)23-6-5-22-19(24)17(11)23/h3-4,7-9H,5-6H2,1-2H3,(H,23,25);2-4,7-9H,5-6H2,1H3,(H,22,24). The van der Waals surface area contributed by atoms with E-state index in [1.54, 1.807) is 25.1 Å². The van der Waals surface area contributed by atoms with Crippen LogP contribution in [0.3, 0.4) is 0 Å². The Bertz CT molecular complexity index is 2480. The van der Waals surface area contributed by atoms with Gasteiger partial charge in [-0.05, 0) is 91.1 Å². The molecular weight excluding hydrogens is 639 g/mol. The van der Waals surface area contributed by atoms with E-state index in [1.165, 1.54) is 6.07 Å². The van der Waals surface area contributed by atoms with Gasteiger partial charge in [0.25, 0.3) is 11.8 Å². The van der Waals surface area contributed by atoms with Gasteiger partial charge in [-0.2, -0.15) is 10.5 Å². The minimum atomic E-state index is -0.284. The summed E-state index contributed by atoms with van der Waals surface area (Å²) < 4.78 is 18.2. The lowest BCUT2D eigenvalue weighted by Gasteiger charge is -2.18. The smallest absolute Gasteiger partial charge is 0.268 e. The fourth-order valence-corrected chi connectivity index (χ4v) is 7.24. The van der Waals surface area contributed by atoms with Crippen LogP contribution in [0.1, 0.15) is 48.8 Å². The molecule has 0 aliphatic carbocycles. The maximum atomic E-state index is 14.1. The summed E-state index contributed by atoms with van der Waals surface area (Å²) in [4.78, 5) is 24.6. The average molecular weight is 669 g/mol. The summed E-state index contributed by atoms with van der Waals surface area (Å²) in [6, 6.07) is 24.3. The molecule has 2 amide bonds. The van der Waals surface area contributed by atoms with Crippen LogP contribution >= 0.6 is 11.6 Å². The van der Waals surface area contributed by atoms with E-state index in [0.29, 0.717) is 64.8 Å². The normalized spacial score (nSPS) is 13.4.